The number of nitrogens with zero attached hydrogens (tertiary/aromatic N) is 1. The van der Waals surface area contributed by atoms with Crippen LogP contribution in [0.1, 0.15) is 12.5 Å². The van der Waals surface area contributed by atoms with E-state index in [1.165, 1.54) is 5.56 Å². The number of benzene rings is 1. The third-order valence-corrected chi connectivity index (χ3v) is 2.56. The second-order valence-corrected chi connectivity index (χ2v) is 3.63. The van der Waals surface area contributed by atoms with Gasteiger partial charge in [-0.2, -0.15) is 0 Å². The molecule has 0 saturated carbocycles. The topological polar surface area (TPSA) is 50.9 Å². The molecule has 0 spiro atoms. The maximum atomic E-state index is 5.38. The summed E-state index contributed by atoms with van der Waals surface area (Å²) in [5.74, 6) is 5.38. The normalized spacial score (nSPS) is 10.1. The fraction of sp³-hybridized carbons (Fsp3) is 0.154. The van der Waals surface area contributed by atoms with E-state index in [0.29, 0.717) is 0 Å². The summed E-state index contributed by atoms with van der Waals surface area (Å²) in [6.45, 7) is 2.14. The quantitative estimate of drug-likeness (QED) is 0.608. The van der Waals surface area contributed by atoms with Gasteiger partial charge in [0.2, 0.25) is 0 Å². The minimum absolute atomic E-state index is 0.868. The molecule has 2 aromatic rings. The van der Waals surface area contributed by atoms with Crippen molar-refractivity contribution < 1.29 is 0 Å². The van der Waals surface area contributed by atoms with Crippen molar-refractivity contribution in [2.75, 3.05) is 5.43 Å². The zero-order chi connectivity index (χ0) is 11.4. The summed E-state index contributed by atoms with van der Waals surface area (Å²) < 4.78 is 0. The lowest BCUT2D eigenvalue weighted by Crippen LogP contribution is -2.06. The summed E-state index contributed by atoms with van der Waals surface area (Å²) in [6, 6.07) is 12.2. The van der Waals surface area contributed by atoms with E-state index in [1.807, 2.05) is 12.1 Å². The largest absolute Gasteiger partial charge is 0.324 e. The zero-order valence-corrected chi connectivity index (χ0v) is 9.27. The van der Waals surface area contributed by atoms with Crippen molar-refractivity contribution in [3.63, 3.8) is 0 Å². The lowest BCUT2D eigenvalue weighted by Gasteiger charge is -2.05. The number of rotatable bonds is 3. The van der Waals surface area contributed by atoms with Crippen molar-refractivity contribution in [2.24, 2.45) is 5.84 Å². The highest BCUT2D eigenvalue weighted by Crippen LogP contribution is 2.20. The molecule has 0 amide bonds. The molecule has 3 nitrogen and oxygen atoms in total. The van der Waals surface area contributed by atoms with Crippen molar-refractivity contribution in [2.45, 2.75) is 13.3 Å². The highest BCUT2D eigenvalue weighted by atomic mass is 15.2. The molecule has 0 aliphatic rings. The predicted molar refractivity (Wildman–Crippen MR) is 66.9 cm³/mol. The standard InChI is InChI=1S/C13H15N3/c1-2-10-4-3-5-11(8-10)13-9-12(16-14)6-7-15-13/h3-9H,2,14H2,1H3,(H,15,16). The van der Waals surface area contributed by atoms with Crippen LogP contribution in [0.2, 0.25) is 0 Å². The van der Waals surface area contributed by atoms with Crippen LogP contribution in [0.3, 0.4) is 0 Å². The number of nitrogen functional groups attached to an aromatic ring is 1. The van der Waals surface area contributed by atoms with Gasteiger partial charge in [0.15, 0.2) is 0 Å². The summed E-state index contributed by atoms with van der Waals surface area (Å²) in [5, 5.41) is 0. The first-order valence-electron chi connectivity index (χ1n) is 5.35. The number of hydrazine groups is 1. The number of aryl methyl sites for hydroxylation is 1. The van der Waals surface area contributed by atoms with Gasteiger partial charge in [0.05, 0.1) is 11.4 Å². The van der Waals surface area contributed by atoms with E-state index in [0.717, 1.165) is 23.4 Å². The van der Waals surface area contributed by atoms with Crippen LogP contribution in [0.15, 0.2) is 42.6 Å². The third kappa shape index (κ3) is 2.20. The highest BCUT2D eigenvalue weighted by Gasteiger charge is 2.00. The fourth-order valence-corrected chi connectivity index (χ4v) is 1.63. The SMILES string of the molecule is CCc1cccc(-c2cc(NN)ccn2)c1. The van der Waals surface area contributed by atoms with Gasteiger partial charge in [0.1, 0.15) is 0 Å². The number of nitrogens with one attached hydrogen (secondary N) is 1. The van der Waals surface area contributed by atoms with E-state index < -0.39 is 0 Å². The summed E-state index contributed by atoms with van der Waals surface area (Å²) in [5.41, 5.74) is 6.86. The molecule has 0 radical (unpaired) electrons. The minimum Gasteiger partial charge on any atom is -0.324 e. The van der Waals surface area contributed by atoms with Crippen molar-refractivity contribution >= 4 is 5.69 Å². The van der Waals surface area contributed by atoms with Crippen LogP contribution in [-0.4, -0.2) is 4.98 Å². The van der Waals surface area contributed by atoms with E-state index in [-0.39, 0.29) is 0 Å². The number of pyridine rings is 1. The first kappa shape index (κ1) is 10.6. The Labute approximate surface area is 95.3 Å². The Morgan fingerprint density at radius 2 is 2.12 bits per heavy atom. The number of hydrogen-bond acceptors (Lipinski definition) is 3. The third-order valence-electron chi connectivity index (χ3n) is 2.56. The first-order valence-corrected chi connectivity index (χ1v) is 5.35. The maximum absolute atomic E-state index is 5.38. The molecule has 0 bridgehead atoms. The van der Waals surface area contributed by atoms with Crippen LogP contribution in [-0.2, 0) is 6.42 Å². The van der Waals surface area contributed by atoms with E-state index in [1.54, 1.807) is 6.20 Å². The molecule has 0 aliphatic heterocycles. The number of hydrogen-bond donors (Lipinski definition) is 2. The molecule has 1 aromatic heterocycles. The molecule has 1 heterocycles. The monoisotopic (exact) mass is 213 g/mol. The fourth-order valence-electron chi connectivity index (χ4n) is 1.63. The first-order chi connectivity index (χ1) is 7.83. The lowest BCUT2D eigenvalue weighted by molar-refractivity contribution is 1.14. The van der Waals surface area contributed by atoms with Gasteiger partial charge in [0.25, 0.3) is 0 Å². The van der Waals surface area contributed by atoms with Gasteiger partial charge in [-0.15, -0.1) is 0 Å². The number of aromatic nitrogens is 1. The van der Waals surface area contributed by atoms with E-state index in [4.69, 9.17) is 5.84 Å². The van der Waals surface area contributed by atoms with Gasteiger partial charge in [0, 0.05) is 11.8 Å². The molecule has 0 atom stereocenters. The molecule has 2 rings (SSSR count). The second-order valence-electron chi connectivity index (χ2n) is 3.63. The van der Waals surface area contributed by atoms with Crippen molar-refractivity contribution in [3.8, 4) is 11.3 Å². The van der Waals surface area contributed by atoms with Crippen LogP contribution in [0, 0.1) is 0 Å². The Balaban J connectivity index is 2.41. The molecule has 3 N–H and O–H groups in total. The van der Waals surface area contributed by atoms with Crippen molar-refractivity contribution in [3.05, 3.63) is 48.2 Å². The van der Waals surface area contributed by atoms with Crippen LogP contribution in [0.25, 0.3) is 11.3 Å². The molecule has 1 aromatic carbocycles. The van der Waals surface area contributed by atoms with E-state index >= 15 is 0 Å². The second kappa shape index (κ2) is 4.77. The Morgan fingerprint density at radius 1 is 1.25 bits per heavy atom. The van der Waals surface area contributed by atoms with Crippen molar-refractivity contribution in [1.29, 1.82) is 0 Å². The molecular weight excluding hydrogens is 198 g/mol. The van der Waals surface area contributed by atoms with Crippen LogP contribution < -0.4 is 11.3 Å². The van der Waals surface area contributed by atoms with Gasteiger partial charge >= 0.3 is 0 Å². The van der Waals surface area contributed by atoms with E-state index in [9.17, 15) is 0 Å². The van der Waals surface area contributed by atoms with Crippen LogP contribution in [0.4, 0.5) is 5.69 Å². The Bertz CT molecular complexity index is 435. The van der Waals surface area contributed by atoms with Gasteiger partial charge in [-0.25, -0.2) is 0 Å². The average molecular weight is 213 g/mol. The summed E-state index contributed by atoms with van der Waals surface area (Å²) >= 11 is 0. The van der Waals surface area contributed by atoms with Gasteiger partial charge in [-0.05, 0) is 30.2 Å². The molecule has 0 fully saturated rings. The molecule has 0 aliphatic carbocycles. The smallest absolute Gasteiger partial charge is 0.0723 e. The predicted octanol–water partition coefficient (Wildman–Crippen LogP) is 2.60. The summed E-state index contributed by atoms with van der Waals surface area (Å²) in [4.78, 5) is 4.34. The van der Waals surface area contributed by atoms with E-state index in [2.05, 4.69) is 41.6 Å². The molecule has 0 saturated heterocycles. The Kier molecular flexibility index (Phi) is 3.17. The number of anilines is 1. The summed E-state index contributed by atoms with van der Waals surface area (Å²) in [7, 11) is 0. The van der Waals surface area contributed by atoms with Gasteiger partial charge in [-0.1, -0.05) is 25.1 Å². The lowest BCUT2D eigenvalue weighted by atomic mass is 10.1. The van der Waals surface area contributed by atoms with Gasteiger partial charge in [-0.3, -0.25) is 10.8 Å². The molecular formula is C13H15N3. The van der Waals surface area contributed by atoms with Gasteiger partial charge < -0.3 is 5.43 Å². The molecule has 0 unspecified atom stereocenters. The zero-order valence-electron chi connectivity index (χ0n) is 9.27. The minimum atomic E-state index is 0.868. The molecule has 16 heavy (non-hydrogen) atoms. The number of nitrogens with two attached hydrogens (primary N) is 1. The highest BCUT2D eigenvalue weighted by molar-refractivity contribution is 5.64. The van der Waals surface area contributed by atoms with Crippen LogP contribution in [0.5, 0.6) is 0 Å². The maximum Gasteiger partial charge on any atom is 0.0723 e. The van der Waals surface area contributed by atoms with Crippen molar-refractivity contribution in [1.82, 2.24) is 4.98 Å². The van der Waals surface area contributed by atoms with Crippen LogP contribution >= 0.6 is 0 Å². The Morgan fingerprint density at radius 3 is 2.88 bits per heavy atom. The Hall–Kier alpha value is -1.87. The summed E-state index contributed by atoms with van der Waals surface area (Å²) in [6.07, 6.45) is 2.78. The molecule has 3 heteroatoms. The molecule has 82 valence electrons. The average Bonchev–Trinajstić information content (AvgIpc) is 2.39.